The van der Waals surface area contributed by atoms with Gasteiger partial charge in [-0.15, -0.1) is 0 Å². The molecule has 1 aliphatic rings. The summed E-state index contributed by atoms with van der Waals surface area (Å²) >= 11 is 0. The van der Waals surface area contributed by atoms with Crippen molar-refractivity contribution in [1.29, 1.82) is 0 Å². The molecule has 102 valence electrons. The van der Waals surface area contributed by atoms with Crippen molar-refractivity contribution < 1.29 is 19.1 Å². The maximum absolute atomic E-state index is 12.1. The third-order valence-electron chi connectivity index (χ3n) is 2.93. The fourth-order valence-corrected chi connectivity index (χ4v) is 1.91. The van der Waals surface area contributed by atoms with Gasteiger partial charge in [0.1, 0.15) is 11.5 Å². The smallest absolute Gasteiger partial charge is 0.251 e. The van der Waals surface area contributed by atoms with Crippen LogP contribution in [0.5, 0.6) is 11.5 Å². The first-order valence-corrected chi connectivity index (χ1v) is 5.93. The van der Waals surface area contributed by atoms with Crippen LogP contribution in [-0.2, 0) is 4.79 Å². The van der Waals surface area contributed by atoms with E-state index >= 15 is 0 Å². The number of methoxy groups -OCH3 is 2. The molecule has 0 unspecified atom stereocenters. The zero-order chi connectivity index (χ0) is 13.8. The molecule has 6 nitrogen and oxygen atoms in total. The Hall–Kier alpha value is -2.24. The van der Waals surface area contributed by atoms with E-state index in [1.54, 1.807) is 18.2 Å². The standard InChI is InChI=1S/C13H16N2O4/c1-18-10-3-8(4-11(6-10)19-2)13(17)15-9-5-12(16)14-7-9/h3-4,6,9H,5,7H2,1-2H3,(H,14,16)(H,15,17)/t9-/m0/s1. The van der Waals surface area contributed by atoms with Gasteiger partial charge in [-0.3, -0.25) is 9.59 Å². The van der Waals surface area contributed by atoms with Crippen molar-refractivity contribution >= 4 is 11.8 Å². The highest BCUT2D eigenvalue weighted by Crippen LogP contribution is 2.22. The number of amides is 2. The van der Waals surface area contributed by atoms with Crippen LogP contribution in [0.15, 0.2) is 18.2 Å². The maximum Gasteiger partial charge on any atom is 0.251 e. The number of hydrogen-bond donors (Lipinski definition) is 2. The Morgan fingerprint density at radius 1 is 1.26 bits per heavy atom. The second kappa shape index (κ2) is 5.60. The predicted molar refractivity (Wildman–Crippen MR) is 68.4 cm³/mol. The molecule has 1 aromatic carbocycles. The van der Waals surface area contributed by atoms with Gasteiger partial charge in [0.15, 0.2) is 0 Å². The molecule has 1 heterocycles. The van der Waals surface area contributed by atoms with Crippen molar-refractivity contribution in [1.82, 2.24) is 10.6 Å². The van der Waals surface area contributed by atoms with Crippen molar-refractivity contribution in [2.24, 2.45) is 0 Å². The van der Waals surface area contributed by atoms with Crippen LogP contribution in [0.25, 0.3) is 0 Å². The molecule has 19 heavy (non-hydrogen) atoms. The number of benzene rings is 1. The van der Waals surface area contributed by atoms with Gasteiger partial charge in [-0.2, -0.15) is 0 Å². The molecule has 1 aromatic rings. The largest absolute Gasteiger partial charge is 0.497 e. The molecule has 6 heteroatoms. The molecule has 1 saturated heterocycles. The minimum absolute atomic E-state index is 0.0477. The molecule has 0 spiro atoms. The number of ether oxygens (including phenoxy) is 2. The topological polar surface area (TPSA) is 76.7 Å². The van der Waals surface area contributed by atoms with E-state index in [1.807, 2.05) is 0 Å². The van der Waals surface area contributed by atoms with Crippen LogP contribution in [0.1, 0.15) is 16.8 Å². The van der Waals surface area contributed by atoms with E-state index in [4.69, 9.17) is 9.47 Å². The Kier molecular flexibility index (Phi) is 3.89. The summed E-state index contributed by atoms with van der Waals surface area (Å²) in [6.45, 7) is 0.464. The zero-order valence-electron chi connectivity index (χ0n) is 10.9. The molecule has 1 aliphatic heterocycles. The lowest BCUT2D eigenvalue weighted by atomic mass is 10.1. The van der Waals surface area contributed by atoms with Crippen molar-refractivity contribution in [3.8, 4) is 11.5 Å². The minimum Gasteiger partial charge on any atom is -0.497 e. The summed E-state index contributed by atoms with van der Waals surface area (Å²) in [5.74, 6) is 0.794. The third kappa shape index (κ3) is 3.15. The Balaban J connectivity index is 2.11. The van der Waals surface area contributed by atoms with Gasteiger partial charge in [-0.1, -0.05) is 0 Å². The quantitative estimate of drug-likeness (QED) is 0.821. The molecular formula is C13H16N2O4. The highest BCUT2D eigenvalue weighted by atomic mass is 16.5. The first-order valence-electron chi connectivity index (χ1n) is 5.93. The van der Waals surface area contributed by atoms with E-state index in [0.29, 0.717) is 30.0 Å². The van der Waals surface area contributed by atoms with Crippen molar-refractivity contribution in [3.63, 3.8) is 0 Å². The molecule has 0 aromatic heterocycles. The Labute approximate surface area is 111 Å². The van der Waals surface area contributed by atoms with E-state index in [-0.39, 0.29) is 17.9 Å². The highest BCUT2D eigenvalue weighted by Gasteiger charge is 2.23. The van der Waals surface area contributed by atoms with Crippen LogP contribution in [0.3, 0.4) is 0 Å². The SMILES string of the molecule is COc1cc(OC)cc(C(=O)N[C@@H]2CNC(=O)C2)c1. The number of carbonyl (C=O) groups excluding carboxylic acids is 2. The fraction of sp³-hybridized carbons (Fsp3) is 0.385. The average Bonchev–Trinajstić information content (AvgIpc) is 2.83. The monoisotopic (exact) mass is 264 g/mol. The molecule has 1 fully saturated rings. The fourth-order valence-electron chi connectivity index (χ4n) is 1.91. The summed E-state index contributed by atoms with van der Waals surface area (Å²) in [7, 11) is 3.05. The van der Waals surface area contributed by atoms with Gasteiger partial charge in [-0.25, -0.2) is 0 Å². The van der Waals surface area contributed by atoms with Gasteiger partial charge in [0, 0.05) is 24.6 Å². The third-order valence-corrected chi connectivity index (χ3v) is 2.93. The molecule has 0 aliphatic carbocycles. The summed E-state index contributed by atoms with van der Waals surface area (Å²) in [6, 6.07) is 4.78. The molecule has 0 saturated carbocycles. The van der Waals surface area contributed by atoms with E-state index < -0.39 is 0 Å². The van der Waals surface area contributed by atoms with Gasteiger partial charge in [0.05, 0.1) is 20.3 Å². The maximum atomic E-state index is 12.1. The highest BCUT2D eigenvalue weighted by molar-refractivity contribution is 5.95. The number of hydrogen-bond acceptors (Lipinski definition) is 4. The minimum atomic E-state index is -0.251. The number of carbonyl (C=O) groups is 2. The second-order valence-electron chi connectivity index (χ2n) is 4.28. The molecule has 2 rings (SSSR count). The lowest BCUT2D eigenvalue weighted by molar-refractivity contribution is -0.119. The van der Waals surface area contributed by atoms with E-state index in [2.05, 4.69) is 10.6 Å². The van der Waals surface area contributed by atoms with Gasteiger partial charge in [0.2, 0.25) is 5.91 Å². The first kappa shape index (κ1) is 13.2. The van der Waals surface area contributed by atoms with Crippen LogP contribution in [-0.4, -0.2) is 38.6 Å². The van der Waals surface area contributed by atoms with Crippen LogP contribution >= 0.6 is 0 Å². The Morgan fingerprint density at radius 3 is 2.37 bits per heavy atom. The van der Waals surface area contributed by atoms with Crippen molar-refractivity contribution in [2.45, 2.75) is 12.5 Å². The van der Waals surface area contributed by atoms with Gasteiger partial charge >= 0.3 is 0 Å². The van der Waals surface area contributed by atoms with Crippen LogP contribution < -0.4 is 20.1 Å². The van der Waals surface area contributed by atoms with E-state index in [0.717, 1.165) is 0 Å². The van der Waals surface area contributed by atoms with Gasteiger partial charge in [0.25, 0.3) is 5.91 Å². The molecule has 2 N–H and O–H groups in total. The lowest BCUT2D eigenvalue weighted by Crippen LogP contribution is -2.36. The van der Waals surface area contributed by atoms with Gasteiger partial charge < -0.3 is 20.1 Å². The Bertz CT molecular complexity index is 479. The van der Waals surface area contributed by atoms with E-state index in [9.17, 15) is 9.59 Å². The molecular weight excluding hydrogens is 248 g/mol. The van der Waals surface area contributed by atoms with Crippen molar-refractivity contribution in [3.05, 3.63) is 23.8 Å². The van der Waals surface area contributed by atoms with Crippen LogP contribution in [0, 0.1) is 0 Å². The predicted octanol–water partition coefficient (Wildman–Crippen LogP) is 0.322. The summed E-state index contributed by atoms with van der Waals surface area (Å²) < 4.78 is 10.2. The zero-order valence-corrected chi connectivity index (χ0v) is 10.9. The summed E-state index contributed by atoms with van der Waals surface area (Å²) in [5, 5.41) is 5.46. The second-order valence-corrected chi connectivity index (χ2v) is 4.28. The molecule has 2 amide bonds. The summed E-state index contributed by atoms with van der Waals surface area (Å²) in [6.07, 6.45) is 0.312. The van der Waals surface area contributed by atoms with Crippen LogP contribution in [0.2, 0.25) is 0 Å². The van der Waals surface area contributed by atoms with Crippen LogP contribution in [0.4, 0.5) is 0 Å². The lowest BCUT2D eigenvalue weighted by Gasteiger charge is -2.12. The number of nitrogens with one attached hydrogen (secondary N) is 2. The first-order chi connectivity index (χ1) is 9.12. The molecule has 1 atom stereocenters. The molecule has 0 radical (unpaired) electrons. The van der Waals surface area contributed by atoms with Gasteiger partial charge in [-0.05, 0) is 12.1 Å². The van der Waals surface area contributed by atoms with E-state index in [1.165, 1.54) is 14.2 Å². The normalized spacial score (nSPS) is 17.8. The Morgan fingerprint density at radius 2 is 1.89 bits per heavy atom. The summed E-state index contributed by atoms with van der Waals surface area (Å²) in [4.78, 5) is 23.2. The molecule has 0 bridgehead atoms. The summed E-state index contributed by atoms with van der Waals surface area (Å²) in [5.41, 5.74) is 0.440. The number of rotatable bonds is 4. The van der Waals surface area contributed by atoms with Crippen molar-refractivity contribution in [2.75, 3.05) is 20.8 Å². The average molecular weight is 264 g/mol.